The van der Waals surface area contributed by atoms with Crippen molar-refractivity contribution < 1.29 is 0 Å². The van der Waals surface area contributed by atoms with Crippen molar-refractivity contribution in [2.45, 2.75) is 32.9 Å². The number of hydrogen-bond acceptors (Lipinski definition) is 3. The quantitative estimate of drug-likeness (QED) is 0.872. The van der Waals surface area contributed by atoms with Crippen LogP contribution < -0.4 is 5.32 Å². The van der Waals surface area contributed by atoms with Gasteiger partial charge in [-0.1, -0.05) is 37.3 Å². The molecule has 3 heteroatoms. The molecule has 1 atom stereocenters. The van der Waals surface area contributed by atoms with E-state index in [0.29, 0.717) is 6.04 Å². The Labute approximate surface area is 107 Å². The van der Waals surface area contributed by atoms with Gasteiger partial charge in [0.05, 0.1) is 5.01 Å². The Bertz CT molecular complexity index is 450. The lowest BCUT2D eigenvalue weighted by Gasteiger charge is -2.12. The minimum Gasteiger partial charge on any atom is -0.305 e. The highest BCUT2D eigenvalue weighted by Crippen LogP contribution is 2.16. The van der Waals surface area contributed by atoms with Gasteiger partial charge in [0.15, 0.2) is 0 Å². The summed E-state index contributed by atoms with van der Waals surface area (Å²) in [5.74, 6) is 0. The third-order valence-electron chi connectivity index (χ3n) is 2.79. The van der Waals surface area contributed by atoms with Gasteiger partial charge >= 0.3 is 0 Å². The maximum absolute atomic E-state index is 4.36. The van der Waals surface area contributed by atoms with Crippen LogP contribution in [0.1, 0.15) is 35.3 Å². The zero-order valence-electron chi connectivity index (χ0n) is 10.3. The van der Waals surface area contributed by atoms with Gasteiger partial charge in [-0.25, -0.2) is 4.98 Å². The Morgan fingerprint density at radius 2 is 2.06 bits per heavy atom. The maximum Gasteiger partial charge on any atom is 0.0925 e. The Morgan fingerprint density at radius 1 is 1.29 bits per heavy atom. The fraction of sp³-hybridized carbons (Fsp3) is 0.357. The first-order chi connectivity index (χ1) is 8.29. The SMILES string of the molecule is CCc1ncc(CN[C@H](C)c2ccccc2)s1. The van der Waals surface area contributed by atoms with Crippen LogP contribution in [0.2, 0.25) is 0 Å². The summed E-state index contributed by atoms with van der Waals surface area (Å²) < 4.78 is 0. The normalized spacial score (nSPS) is 12.6. The van der Waals surface area contributed by atoms with Gasteiger partial charge in [-0.15, -0.1) is 11.3 Å². The zero-order chi connectivity index (χ0) is 12.1. The number of aryl methyl sites for hydroxylation is 1. The van der Waals surface area contributed by atoms with Crippen LogP contribution in [0.25, 0.3) is 0 Å². The Hall–Kier alpha value is -1.19. The molecular formula is C14H18N2S. The van der Waals surface area contributed by atoms with Crippen molar-refractivity contribution in [1.82, 2.24) is 10.3 Å². The molecule has 0 unspecified atom stereocenters. The molecule has 0 bridgehead atoms. The summed E-state index contributed by atoms with van der Waals surface area (Å²) in [6.45, 7) is 5.23. The number of hydrogen-bond donors (Lipinski definition) is 1. The molecule has 0 fully saturated rings. The first kappa shape index (κ1) is 12.3. The first-order valence-electron chi connectivity index (χ1n) is 6.01. The summed E-state index contributed by atoms with van der Waals surface area (Å²) in [5.41, 5.74) is 1.33. The summed E-state index contributed by atoms with van der Waals surface area (Å²) >= 11 is 1.80. The van der Waals surface area contributed by atoms with E-state index in [4.69, 9.17) is 0 Å². The molecular weight excluding hydrogens is 228 g/mol. The molecule has 0 aliphatic carbocycles. The molecule has 0 saturated carbocycles. The number of benzene rings is 1. The van der Waals surface area contributed by atoms with E-state index in [9.17, 15) is 0 Å². The second-order valence-corrected chi connectivity index (χ2v) is 5.29. The van der Waals surface area contributed by atoms with Gasteiger partial charge < -0.3 is 5.32 Å². The fourth-order valence-electron chi connectivity index (χ4n) is 1.71. The maximum atomic E-state index is 4.36. The van der Waals surface area contributed by atoms with Crippen molar-refractivity contribution in [3.05, 3.63) is 52.0 Å². The van der Waals surface area contributed by atoms with Gasteiger partial charge in [0, 0.05) is 23.7 Å². The van der Waals surface area contributed by atoms with Crippen molar-refractivity contribution in [2.24, 2.45) is 0 Å². The van der Waals surface area contributed by atoms with Crippen LogP contribution in [0, 0.1) is 0 Å². The summed E-state index contributed by atoms with van der Waals surface area (Å²) in [7, 11) is 0. The van der Waals surface area contributed by atoms with Crippen LogP contribution in [-0.2, 0) is 13.0 Å². The lowest BCUT2D eigenvalue weighted by Crippen LogP contribution is -2.17. The third kappa shape index (κ3) is 3.38. The second-order valence-electron chi connectivity index (χ2n) is 4.09. The van der Waals surface area contributed by atoms with Crippen molar-refractivity contribution in [3.63, 3.8) is 0 Å². The first-order valence-corrected chi connectivity index (χ1v) is 6.83. The lowest BCUT2D eigenvalue weighted by atomic mass is 10.1. The van der Waals surface area contributed by atoms with Gasteiger partial charge in [-0.2, -0.15) is 0 Å². The van der Waals surface area contributed by atoms with Crippen LogP contribution in [0.15, 0.2) is 36.5 Å². The van der Waals surface area contributed by atoms with Gasteiger partial charge in [0.2, 0.25) is 0 Å². The average molecular weight is 246 g/mol. The van der Waals surface area contributed by atoms with E-state index in [-0.39, 0.29) is 0 Å². The molecule has 2 rings (SSSR count). The molecule has 0 aliphatic rings. The van der Waals surface area contributed by atoms with E-state index in [1.54, 1.807) is 11.3 Å². The molecule has 1 N–H and O–H groups in total. The molecule has 0 amide bonds. The monoisotopic (exact) mass is 246 g/mol. The molecule has 17 heavy (non-hydrogen) atoms. The Morgan fingerprint density at radius 3 is 2.71 bits per heavy atom. The topological polar surface area (TPSA) is 24.9 Å². The summed E-state index contributed by atoms with van der Waals surface area (Å²) in [5, 5.41) is 4.74. The minimum absolute atomic E-state index is 0.378. The molecule has 1 aromatic heterocycles. The smallest absolute Gasteiger partial charge is 0.0925 e. The van der Waals surface area contributed by atoms with Crippen LogP contribution in [-0.4, -0.2) is 4.98 Å². The van der Waals surface area contributed by atoms with Crippen molar-refractivity contribution in [3.8, 4) is 0 Å². The largest absolute Gasteiger partial charge is 0.305 e. The molecule has 1 heterocycles. The average Bonchev–Trinajstić information content (AvgIpc) is 2.85. The number of thiazole rings is 1. The van der Waals surface area contributed by atoms with Gasteiger partial charge in [0.1, 0.15) is 0 Å². The van der Waals surface area contributed by atoms with Crippen molar-refractivity contribution in [2.75, 3.05) is 0 Å². The number of aromatic nitrogens is 1. The summed E-state index contributed by atoms with van der Waals surface area (Å²) in [4.78, 5) is 5.67. The number of nitrogens with one attached hydrogen (secondary N) is 1. The minimum atomic E-state index is 0.378. The van der Waals surface area contributed by atoms with Crippen LogP contribution >= 0.6 is 11.3 Å². The highest BCUT2D eigenvalue weighted by Gasteiger charge is 2.05. The number of rotatable bonds is 5. The molecule has 0 aliphatic heterocycles. The van der Waals surface area contributed by atoms with Crippen LogP contribution in [0.4, 0.5) is 0 Å². The molecule has 2 nitrogen and oxygen atoms in total. The van der Waals surface area contributed by atoms with E-state index < -0.39 is 0 Å². The predicted molar refractivity (Wildman–Crippen MR) is 73.2 cm³/mol. The molecule has 2 aromatic rings. The van der Waals surface area contributed by atoms with E-state index in [1.165, 1.54) is 15.4 Å². The zero-order valence-corrected chi connectivity index (χ0v) is 11.1. The summed E-state index contributed by atoms with van der Waals surface area (Å²) in [6.07, 6.45) is 3.01. The van der Waals surface area contributed by atoms with Crippen molar-refractivity contribution >= 4 is 11.3 Å². The molecule has 90 valence electrons. The predicted octanol–water partition coefficient (Wildman–Crippen LogP) is 3.56. The van der Waals surface area contributed by atoms with E-state index in [2.05, 4.69) is 48.4 Å². The lowest BCUT2D eigenvalue weighted by molar-refractivity contribution is 0.578. The number of nitrogens with zero attached hydrogens (tertiary/aromatic N) is 1. The Kier molecular flexibility index (Phi) is 4.29. The highest BCUT2D eigenvalue weighted by atomic mass is 32.1. The Balaban J connectivity index is 1.90. The highest BCUT2D eigenvalue weighted by molar-refractivity contribution is 7.11. The van der Waals surface area contributed by atoms with Crippen molar-refractivity contribution in [1.29, 1.82) is 0 Å². The third-order valence-corrected chi connectivity index (χ3v) is 3.93. The van der Waals surface area contributed by atoms with E-state index in [1.807, 2.05) is 12.3 Å². The molecule has 0 radical (unpaired) electrons. The summed E-state index contributed by atoms with van der Waals surface area (Å²) in [6, 6.07) is 10.9. The fourth-order valence-corrected chi connectivity index (χ4v) is 2.52. The van der Waals surface area contributed by atoms with Gasteiger partial charge in [-0.05, 0) is 18.9 Å². The van der Waals surface area contributed by atoms with E-state index in [0.717, 1.165) is 13.0 Å². The van der Waals surface area contributed by atoms with Crippen LogP contribution in [0.3, 0.4) is 0 Å². The second kappa shape index (κ2) is 5.94. The van der Waals surface area contributed by atoms with Crippen LogP contribution in [0.5, 0.6) is 0 Å². The standard InChI is InChI=1S/C14H18N2S/c1-3-14-16-10-13(17-14)9-15-11(2)12-7-5-4-6-8-12/h4-8,10-11,15H,3,9H2,1-2H3/t11-/m1/s1. The molecule has 1 aromatic carbocycles. The molecule has 0 saturated heterocycles. The van der Waals surface area contributed by atoms with E-state index >= 15 is 0 Å². The van der Waals surface area contributed by atoms with Gasteiger partial charge in [-0.3, -0.25) is 0 Å². The molecule has 0 spiro atoms. The van der Waals surface area contributed by atoms with Gasteiger partial charge in [0.25, 0.3) is 0 Å².